The van der Waals surface area contributed by atoms with Crippen molar-refractivity contribution in [2.24, 2.45) is 16.5 Å². The van der Waals surface area contributed by atoms with Crippen molar-refractivity contribution in [1.29, 1.82) is 0 Å². The van der Waals surface area contributed by atoms with E-state index in [1.54, 1.807) is 29.2 Å². The van der Waals surface area contributed by atoms with E-state index in [1.807, 2.05) is 0 Å². The summed E-state index contributed by atoms with van der Waals surface area (Å²) in [5.41, 5.74) is 13.0. The topological polar surface area (TPSA) is 134 Å². The van der Waals surface area contributed by atoms with Crippen molar-refractivity contribution >= 4 is 39.1 Å². The number of halogens is 4. The zero-order valence-electron chi connectivity index (χ0n) is 17.9. The third-order valence-corrected chi connectivity index (χ3v) is 8.33. The van der Waals surface area contributed by atoms with Crippen molar-refractivity contribution in [3.63, 3.8) is 0 Å². The van der Waals surface area contributed by atoms with E-state index in [2.05, 4.69) is 15.2 Å². The number of hydrogen-bond acceptors (Lipinski definition) is 7. The SMILES string of the molecule is NC1=Nc2[nH]ncc2C(N)N1C1Cc2ccccc2N(S(=O)(=O)c2cc(C(F)(F)F)ccc2Cl)C1. The Bertz CT molecular complexity index is 1440. The summed E-state index contributed by atoms with van der Waals surface area (Å²) in [5.74, 6) is 0.468. The van der Waals surface area contributed by atoms with Crippen LogP contribution in [0, 0.1) is 0 Å². The minimum Gasteiger partial charge on any atom is -0.369 e. The fourth-order valence-electron chi connectivity index (χ4n) is 4.42. The third-order valence-electron chi connectivity index (χ3n) is 6.07. The zero-order chi connectivity index (χ0) is 25.1. The second kappa shape index (κ2) is 8.14. The second-order valence-corrected chi connectivity index (χ2v) is 10.4. The number of anilines is 1. The summed E-state index contributed by atoms with van der Waals surface area (Å²) in [6.07, 6.45) is -3.63. The molecule has 3 heterocycles. The number of fused-ring (bicyclic) bond motifs is 2. The average molecular weight is 526 g/mol. The number of nitrogens with two attached hydrogens (primary N) is 2. The number of aromatic amines is 1. The van der Waals surface area contributed by atoms with Crippen molar-refractivity contribution < 1.29 is 21.6 Å². The van der Waals surface area contributed by atoms with E-state index in [9.17, 15) is 21.6 Å². The minimum absolute atomic E-state index is 0.0630. The van der Waals surface area contributed by atoms with Crippen LogP contribution in [0.2, 0.25) is 5.02 Å². The van der Waals surface area contributed by atoms with Crippen LogP contribution >= 0.6 is 11.6 Å². The van der Waals surface area contributed by atoms with Gasteiger partial charge in [-0.2, -0.15) is 23.3 Å². The average Bonchev–Trinajstić information content (AvgIpc) is 3.26. The first-order chi connectivity index (χ1) is 16.5. The molecule has 0 aliphatic carbocycles. The normalized spacial score (nSPS) is 20.3. The van der Waals surface area contributed by atoms with Crippen LogP contribution in [0.25, 0.3) is 0 Å². The lowest BCUT2D eigenvalue weighted by atomic mass is 9.97. The summed E-state index contributed by atoms with van der Waals surface area (Å²) in [6.45, 7) is -0.150. The Hall–Kier alpha value is -3.29. The Morgan fingerprint density at radius 3 is 2.66 bits per heavy atom. The molecule has 9 nitrogen and oxygen atoms in total. The number of H-pyrrole nitrogens is 1. The van der Waals surface area contributed by atoms with Crippen molar-refractivity contribution in [3.8, 4) is 0 Å². The molecule has 35 heavy (non-hydrogen) atoms. The van der Waals surface area contributed by atoms with Crippen molar-refractivity contribution in [3.05, 3.63) is 70.4 Å². The first-order valence-electron chi connectivity index (χ1n) is 10.4. The van der Waals surface area contributed by atoms with Gasteiger partial charge in [0.25, 0.3) is 10.0 Å². The van der Waals surface area contributed by atoms with Crippen molar-refractivity contribution in [1.82, 2.24) is 15.1 Å². The standard InChI is InChI=1S/C21H19ClF3N7O2S/c22-15-6-5-12(21(23,24)25)8-17(15)35(33,34)31-10-13(7-11-3-1-2-4-16(11)31)32-18(26)14-9-28-30-19(14)29-20(32)27/h1-6,8-9,13,18H,7,10,26H2,(H3,27,28,29,30). The number of alkyl halides is 3. The first-order valence-corrected chi connectivity index (χ1v) is 12.2. The van der Waals surface area contributed by atoms with Crippen LogP contribution in [0.5, 0.6) is 0 Å². The molecule has 5 N–H and O–H groups in total. The molecule has 2 aliphatic rings. The summed E-state index contributed by atoms with van der Waals surface area (Å²) >= 11 is 6.10. The van der Waals surface area contributed by atoms with Gasteiger partial charge < -0.3 is 16.4 Å². The molecule has 0 bridgehead atoms. The summed E-state index contributed by atoms with van der Waals surface area (Å²) < 4.78 is 68.6. The molecule has 2 unspecified atom stereocenters. The lowest BCUT2D eigenvalue weighted by Crippen LogP contribution is -2.57. The van der Waals surface area contributed by atoms with E-state index >= 15 is 0 Å². The van der Waals surface area contributed by atoms with E-state index < -0.39 is 38.9 Å². The maximum absolute atomic E-state index is 13.7. The van der Waals surface area contributed by atoms with Gasteiger partial charge in [-0.15, -0.1) is 0 Å². The Balaban J connectivity index is 1.59. The highest BCUT2D eigenvalue weighted by Gasteiger charge is 2.41. The maximum Gasteiger partial charge on any atom is 0.416 e. The van der Waals surface area contributed by atoms with Gasteiger partial charge in [0.1, 0.15) is 11.1 Å². The maximum atomic E-state index is 13.7. The van der Waals surface area contributed by atoms with Crippen LogP contribution in [-0.4, -0.2) is 42.1 Å². The number of nitrogens with one attached hydrogen (secondary N) is 1. The fourth-order valence-corrected chi connectivity index (χ4v) is 6.46. The molecule has 0 saturated carbocycles. The lowest BCUT2D eigenvalue weighted by molar-refractivity contribution is -0.137. The molecule has 2 aliphatic heterocycles. The second-order valence-electron chi connectivity index (χ2n) is 8.16. The molecule has 0 fully saturated rings. The molecule has 2 aromatic carbocycles. The summed E-state index contributed by atoms with van der Waals surface area (Å²) in [6, 6.07) is 8.35. The van der Waals surface area contributed by atoms with Gasteiger partial charge in [-0.3, -0.25) is 9.40 Å². The number of sulfonamides is 1. The highest BCUT2D eigenvalue weighted by molar-refractivity contribution is 7.93. The highest BCUT2D eigenvalue weighted by Crippen LogP contribution is 2.40. The number of rotatable bonds is 3. The van der Waals surface area contributed by atoms with Crippen LogP contribution in [0.1, 0.15) is 22.9 Å². The Morgan fingerprint density at radius 2 is 1.91 bits per heavy atom. The van der Waals surface area contributed by atoms with Gasteiger partial charge in [0.2, 0.25) is 0 Å². The van der Waals surface area contributed by atoms with E-state index in [1.165, 1.54) is 6.20 Å². The molecule has 0 radical (unpaired) electrons. The van der Waals surface area contributed by atoms with Gasteiger partial charge >= 0.3 is 6.18 Å². The number of hydrogen-bond donors (Lipinski definition) is 3. The van der Waals surface area contributed by atoms with Crippen LogP contribution in [-0.2, 0) is 22.6 Å². The zero-order valence-corrected chi connectivity index (χ0v) is 19.4. The van der Waals surface area contributed by atoms with Gasteiger partial charge in [0.15, 0.2) is 11.8 Å². The first kappa shape index (κ1) is 23.5. The van der Waals surface area contributed by atoms with Crippen molar-refractivity contribution in [2.45, 2.75) is 29.7 Å². The number of aliphatic imine (C=N–C) groups is 1. The molecule has 0 saturated heterocycles. The van der Waals surface area contributed by atoms with Crippen LogP contribution in [0.4, 0.5) is 24.7 Å². The molecule has 14 heteroatoms. The van der Waals surface area contributed by atoms with Gasteiger partial charge in [0.05, 0.1) is 40.6 Å². The summed E-state index contributed by atoms with van der Waals surface area (Å²) in [5, 5.41) is 6.30. The number of guanidine groups is 1. The summed E-state index contributed by atoms with van der Waals surface area (Å²) in [7, 11) is -4.51. The molecule has 3 aromatic rings. The molecule has 2 atom stereocenters. The van der Waals surface area contributed by atoms with E-state index in [4.69, 9.17) is 23.1 Å². The van der Waals surface area contributed by atoms with E-state index in [0.29, 0.717) is 35.1 Å². The van der Waals surface area contributed by atoms with Gasteiger partial charge in [-0.05, 0) is 36.2 Å². The Labute approximate surface area is 203 Å². The van der Waals surface area contributed by atoms with Crippen LogP contribution in [0.3, 0.4) is 0 Å². The minimum atomic E-state index is -4.75. The largest absolute Gasteiger partial charge is 0.416 e. The molecule has 1 aromatic heterocycles. The molecule has 184 valence electrons. The lowest BCUT2D eigenvalue weighted by Gasteiger charge is -2.44. The smallest absolute Gasteiger partial charge is 0.369 e. The highest BCUT2D eigenvalue weighted by atomic mass is 35.5. The summed E-state index contributed by atoms with van der Waals surface area (Å²) in [4.78, 5) is 5.22. The number of benzene rings is 2. The quantitative estimate of drug-likeness (QED) is 0.481. The van der Waals surface area contributed by atoms with Crippen LogP contribution < -0.4 is 15.8 Å². The van der Waals surface area contributed by atoms with E-state index in [0.717, 1.165) is 16.4 Å². The van der Waals surface area contributed by atoms with Crippen molar-refractivity contribution in [2.75, 3.05) is 10.8 Å². The van der Waals surface area contributed by atoms with Crippen LogP contribution in [0.15, 0.2) is 58.5 Å². The molecule has 0 amide bonds. The van der Waals surface area contributed by atoms with Gasteiger partial charge in [0, 0.05) is 0 Å². The molecule has 5 rings (SSSR count). The predicted molar refractivity (Wildman–Crippen MR) is 124 cm³/mol. The fraction of sp³-hybridized carbons (Fsp3) is 0.238. The number of nitrogens with zero attached hydrogens (tertiary/aromatic N) is 4. The van der Waals surface area contributed by atoms with Gasteiger partial charge in [-0.1, -0.05) is 29.8 Å². The number of para-hydroxylation sites is 1. The molecular formula is C21H19ClF3N7O2S. The van der Waals surface area contributed by atoms with E-state index in [-0.39, 0.29) is 17.5 Å². The Morgan fingerprint density at radius 1 is 1.17 bits per heavy atom. The molecular weight excluding hydrogens is 507 g/mol. The predicted octanol–water partition coefficient (Wildman–Crippen LogP) is 3.12. The van der Waals surface area contributed by atoms with Gasteiger partial charge in [-0.25, -0.2) is 8.42 Å². The molecule has 0 spiro atoms. The number of aromatic nitrogens is 2. The monoisotopic (exact) mass is 525 g/mol. The Kier molecular flexibility index (Phi) is 5.45. The third kappa shape index (κ3) is 3.89.